The molecule has 0 aliphatic carbocycles. The van der Waals surface area contributed by atoms with Gasteiger partial charge >= 0.3 is 0 Å². The second-order valence-electron chi connectivity index (χ2n) is 7.98. The van der Waals surface area contributed by atoms with Crippen molar-refractivity contribution in [3.8, 4) is 22.5 Å². The van der Waals surface area contributed by atoms with Crippen LogP contribution in [0, 0.1) is 0 Å². The van der Waals surface area contributed by atoms with E-state index in [4.69, 9.17) is 4.98 Å². The van der Waals surface area contributed by atoms with Gasteiger partial charge in [0.1, 0.15) is 0 Å². The molecule has 0 aliphatic heterocycles. The van der Waals surface area contributed by atoms with Crippen LogP contribution in [0.5, 0.6) is 0 Å². The summed E-state index contributed by atoms with van der Waals surface area (Å²) in [7, 11) is 0. The molecule has 3 rings (SSSR count). The number of aromatic nitrogens is 2. The van der Waals surface area contributed by atoms with E-state index in [0.29, 0.717) is 13.0 Å². The van der Waals surface area contributed by atoms with Gasteiger partial charge in [0.2, 0.25) is 5.91 Å². The SMILES string of the molecule is CCCCCC(=O)NCCSc1nc(-c2ccccc2)c(-c2ccccc2)n1CCCC. The first kappa shape index (κ1) is 24.1. The molecule has 3 aromatic rings. The normalized spacial score (nSPS) is 10.9. The molecule has 0 unspecified atom stereocenters. The van der Waals surface area contributed by atoms with E-state index in [1.54, 1.807) is 11.8 Å². The van der Waals surface area contributed by atoms with Gasteiger partial charge in [0.15, 0.2) is 5.16 Å². The minimum Gasteiger partial charge on any atom is -0.355 e. The molecule has 5 heteroatoms. The third kappa shape index (κ3) is 6.73. The Kier molecular flexibility index (Phi) is 9.89. The minimum atomic E-state index is 0.156. The van der Waals surface area contributed by atoms with E-state index in [1.807, 2.05) is 6.07 Å². The summed E-state index contributed by atoms with van der Waals surface area (Å²) in [5.41, 5.74) is 4.52. The molecule has 170 valence electrons. The summed E-state index contributed by atoms with van der Waals surface area (Å²) in [4.78, 5) is 17.1. The Labute approximate surface area is 196 Å². The second-order valence-corrected chi connectivity index (χ2v) is 9.05. The highest BCUT2D eigenvalue weighted by molar-refractivity contribution is 7.99. The van der Waals surface area contributed by atoms with E-state index in [0.717, 1.165) is 60.8 Å². The molecule has 1 N–H and O–H groups in total. The van der Waals surface area contributed by atoms with Gasteiger partial charge in [-0.1, -0.05) is 106 Å². The van der Waals surface area contributed by atoms with Crippen LogP contribution in [0.4, 0.5) is 0 Å². The predicted octanol–water partition coefficient (Wildman–Crippen LogP) is 6.81. The summed E-state index contributed by atoms with van der Waals surface area (Å²) >= 11 is 1.73. The molecule has 4 nitrogen and oxygen atoms in total. The van der Waals surface area contributed by atoms with Crippen molar-refractivity contribution in [1.29, 1.82) is 0 Å². The number of benzene rings is 2. The number of nitrogens with zero attached hydrogens (tertiary/aromatic N) is 2. The Hall–Kier alpha value is -2.53. The number of rotatable bonds is 13. The molecule has 1 heterocycles. The fourth-order valence-electron chi connectivity index (χ4n) is 3.71. The first-order chi connectivity index (χ1) is 15.7. The zero-order valence-corrected chi connectivity index (χ0v) is 20.2. The Bertz CT molecular complexity index is 954. The predicted molar refractivity (Wildman–Crippen MR) is 136 cm³/mol. The molecule has 0 aliphatic rings. The smallest absolute Gasteiger partial charge is 0.220 e. The minimum absolute atomic E-state index is 0.156. The Morgan fingerprint density at radius 3 is 2.22 bits per heavy atom. The number of amides is 1. The Morgan fingerprint density at radius 1 is 0.906 bits per heavy atom. The van der Waals surface area contributed by atoms with Gasteiger partial charge in [-0.3, -0.25) is 4.79 Å². The zero-order chi connectivity index (χ0) is 22.6. The van der Waals surface area contributed by atoms with Gasteiger partial charge in [-0.05, 0) is 12.8 Å². The molecule has 2 aromatic carbocycles. The number of carbonyl (C=O) groups excluding carboxylic acids is 1. The molecule has 0 saturated carbocycles. The van der Waals surface area contributed by atoms with Crippen LogP contribution >= 0.6 is 11.8 Å². The molecule has 0 radical (unpaired) electrons. The van der Waals surface area contributed by atoms with Crippen LogP contribution in [0.2, 0.25) is 0 Å². The molecule has 0 saturated heterocycles. The summed E-state index contributed by atoms with van der Waals surface area (Å²) in [5.74, 6) is 0.966. The van der Waals surface area contributed by atoms with Crippen LogP contribution in [-0.2, 0) is 11.3 Å². The van der Waals surface area contributed by atoms with Crippen molar-refractivity contribution in [1.82, 2.24) is 14.9 Å². The maximum atomic E-state index is 12.0. The van der Waals surface area contributed by atoms with Crippen molar-refractivity contribution in [2.24, 2.45) is 0 Å². The summed E-state index contributed by atoms with van der Waals surface area (Å²) in [5, 5.41) is 4.09. The first-order valence-electron chi connectivity index (χ1n) is 11.9. The number of imidazole rings is 1. The lowest BCUT2D eigenvalue weighted by atomic mass is 10.0. The average Bonchev–Trinajstić information content (AvgIpc) is 3.20. The third-order valence-corrected chi connectivity index (χ3v) is 6.40. The van der Waals surface area contributed by atoms with Crippen molar-refractivity contribution in [2.75, 3.05) is 12.3 Å². The largest absolute Gasteiger partial charge is 0.355 e. The summed E-state index contributed by atoms with van der Waals surface area (Å²) < 4.78 is 2.37. The highest BCUT2D eigenvalue weighted by Gasteiger charge is 2.20. The number of hydrogen-bond acceptors (Lipinski definition) is 3. The van der Waals surface area contributed by atoms with E-state index in [2.05, 4.69) is 78.3 Å². The van der Waals surface area contributed by atoms with E-state index >= 15 is 0 Å². The van der Waals surface area contributed by atoms with Gasteiger partial charge in [0, 0.05) is 36.4 Å². The van der Waals surface area contributed by atoms with Gasteiger partial charge in [0.05, 0.1) is 11.4 Å². The quantitative estimate of drug-likeness (QED) is 0.230. The lowest BCUT2D eigenvalue weighted by molar-refractivity contribution is -0.121. The monoisotopic (exact) mass is 449 g/mol. The number of nitrogens with one attached hydrogen (secondary N) is 1. The molecule has 0 spiro atoms. The number of hydrogen-bond donors (Lipinski definition) is 1. The van der Waals surface area contributed by atoms with Gasteiger partial charge in [-0.15, -0.1) is 0 Å². The molecular formula is C27H35N3OS. The maximum Gasteiger partial charge on any atom is 0.220 e. The molecule has 0 fully saturated rings. The van der Waals surface area contributed by atoms with Gasteiger partial charge in [0.25, 0.3) is 0 Å². The topological polar surface area (TPSA) is 46.9 Å². The van der Waals surface area contributed by atoms with Crippen molar-refractivity contribution < 1.29 is 4.79 Å². The molecule has 0 atom stereocenters. The fourth-order valence-corrected chi connectivity index (χ4v) is 4.59. The molecular weight excluding hydrogens is 414 g/mol. The Morgan fingerprint density at radius 2 is 1.56 bits per heavy atom. The van der Waals surface area contributed by atoms with Gasteiger partial charge in [-0.2, -0.15) is 0 Å². The highest BCUT2D eigenvalue weighted by Crippen LogP contribution is 2.36. The Balaban J connectivity index is 1.82. The first-order valence-corrected chi connectivity index (χ1v) is 12.8. The van der Waals surface area contributed by atoms with Crippen molar-refractivity contribution in [2.45, 2.75) is 64.1 Å². The standard InChI is InChI=1S/C27H35N3OS/c1-3-5-9-18-24(31)28-19-21-32-27-29-25(22-14-10-7-11-15-22)26(30(27)20-6-4-2)23-16-12-8-13-17-23/h7-8,10-17H,3-6,9,18-21H2,1-2H3,(H,28,31). The van der Waals surface area contributed by atoms with Gasteiger partial charge in [-0.25, -0.2) is 4.98 Å². The number of unbranched alkanes of at least 4 members (excludes halogenated alkanes) is 3. The van der Waals surface area contributed by atoms with E-state index in [1.165, 1.54) is 11.3 Å². The maximum absolute atomic E-state index is 12.0. The lowest BCUT2D eigenvalue weighted by Crippen LogP contribution is -2.25. The third-order valence-electron chi connectivity index (χ3n) is 5.43. The van der Waals surface area contributed by atoms with Crippen LogP contribution in [0.25, 0.3) is 22.5 Å². The summed E-state index contributed by atoms with van der Waals surface area (Å²) in [6.45, 7) is 5.98. The van der Waals surface area contributed by atoms with Crippen LogP contribution < -0.4 is 5.32 Å². The zero-order valence-electron chi connectivity index (χ0n) is 19.3. The average molecular weight is 450 g/mol. The fraction of sp³-hybridized carbons (Fsp3) is 0.407. The number of thioether (sulfide) groups is 1. The second kappa shape index (κ2) is 13.1. The van der Waals surface area contributed by atoms with Crippen molar-refractivity contribution >= 4 is 17.7 Å². The van der Waals surface area contributed by atoms with E-state index < -0.39 is 0 Å². The molecule has 0 bridgehead atoms. The molecule has 32 heavy (non-hydrogen) atoms. The van der Waals surface area contributed by atoms with Crippen molar-refractivity contribution in [3.05, 3.63) is 60.7 Å². The van der Waals surface area contributed by atoms with Crippen LogP contribution in [0.15, 0.2) is 65.8 Å². The number of carbonyl (C=O) groups is 1. The summed E-state index contributed by atoms with van der Waals surface area (Å²) in [6, 6.07) is 21.0. The van der Waals surface area contributed by atoms with E-state index in [9.17, 15) is 4.79 Å². The highest BCUT2D eigenvalue weighted by atomic mass is 32.2. The molecule has 1 amide bonds. The van der Waals surface area contributed by atoms with Gasteiger partial charge < -0.3 is 9.88 Å². The van der Waals surface area contributed by atoms with Crippen LogP contribution in [0.3, 0.4) is 0 Å². The summed E-state index contributed by atoms with van der Waals surface area (Å²) in [6.07, 6.45) is 6.08. The lowest BCUT2D eigenvalue weighted by Gasteiger charge is -2.13. The van der Waals surface area contributed by atoms with Crippen LogP contribution in [-0.4, -0.2) is 27.8 Å². The molecule has 1 aromatic heterocycles. The van der Waals surface area contributed by atoms with Crippen molar-refractivity contribution in [3.63, 3.8) is 0 Å². The van der Waals surface area contributed by atoms with E-state index in [-0.39, 0.29) is 5.91 Å². The van der Waals surface area contributed by atoms with Crippen LogP contribution in [0.1, 0.15) is 52.4 Å².